The molecular formula is C14H21N3O4. The van der Waals surface area contributed by atoms with Crippen LogP contribution in [0.15, 0.2) is 18.2 Å². The predicted molar refractivity (Wildman–Crippen MR) is 79.0 cm³/mol. The van der Waals surface area contributed by atoms with E-state index in [9.17, 15) is 14.9 Å². The van der Waals surface area contributed by atoms with Crippen molar-refractivity contribution in [1.82, 2.24) is 5.32 Å². The number of ether oxygens (including phenoxy) is 1. The number of nitrogens with zero attached hydrogens (tertiary/aromatic N) is 1. The number of benzene rings is 1. The zero-order valence-electron chi connectivity index (χ0n) is 12.7. The van der Waals surface area contributed by atoms with Crippen LogP contribution >= 0.6 is 0 Å². The van der Waals surface area contributed by atoms with Crippen molar-refractivity contribution in [2.45, 2.75) is 45.9 Å². The van der Waals surface area contributed by atoms with Gasteiger partial charge in [0, 0.05) is 18.2 Å². The molecule has 0 radical (unpaired) electrons. The van der Waals surface area contributed by atoms with E-state index in [1.54, 1.807) is 13.0 Å². The normalized spacial score (nSPS) is 12.6. The van der Waals surface area contributed by atoms with E-state index in [0.717, 1.165) is 0 Å². The molecule has 1 aromatic carbocycles. The van der Waals surface area contributed by atoms with Crippen LogP contribution in [0.5, 0.6) is 5.75 Å². The summed E-state index contributed by atoms with van der Waals surface area (Å²) in [6, 6.07) is 4.45. The Balaban J connectivity index is 2.92. The van der Waals surface area contributed by atoms with Gasteiger partial charge in [0.1, 0.15) is 0 Å². The van der Waals surface area contributed by atoms with Gasteiger partial charge in [0.2, 0.25) is 0 Å². The van der Waals surface area contributed by atoms with Crippen LogP contribution in [-0.2, 0) is 11.3 Å². The number of nitro benzene ring substituents is 1. The summed E-state index contributed by atoms with van der Waals surface area (Å²) < 4.78 is 5.42. The van der Waals surface area contributed by atoms with Crippen LogP contribution in [0.4, 0.5) is 5.69 Å². The lowest BCUT2D eigenvalue weighted by molar-refractivity contribution is -0.386. The smallest absolute Gasteiger partial charge is 0.311 e. The third-order valence-electron chi connectivity index (χ3n) is 2.63. The summed E-state index contributed by atoms with van der Waals surface area (Å²) in [5, 5.41) is 13.8. The van der Waals surface area contributed by atoms with Crippen molar-refractivity contribution >= 4 is 11.6 Å². The second-order valence-electron chi connectivity index (χ2n) is 5.76. The summed E-state index contributed by atoms with van der Waals surface area (Å²) in [6.07, 6.45) is -0.841. The predicted octanol–water partition coefficient (Wildman–Crippen LogP) is 1.74. The topological polar surface area (TPSA) is 107 Å². The molecule has 0 saturated heterocycles. The highest BCUT2D eigenvalue weighted by Gasteiger charge is 2.24. The van der Waals surface area contributed by atoms with Gasteiger partial charge in [-0.25, -0.2) is 0 Å². The largest absolute Gasteiger partial charge is 0.474 e. The van der Waals surface area contributed by atoms with Crippen molar-refractivity contribution < 1.29 is 14.5 Å². The van der Waals surface area contributed by atoms with Gasteiger partial charge < -0.3 is 15.8 Å². The number of amides is 1. The Kier molecular flexibility index (Phi) is 5.26. The minimum absolute atomic E-state index is 0.0498. The van der Waals surface area contributed by atoms with Crippen molar-refractivity contribution in [2.75, 3.05) is 0 Å². The van der Waals surface area contributed by atoms with Crippen LogP contribution < -0.4 is 15.8 Å². The summed E-state index contributed by atoms with van der Waals surface area (Å²) in [6.45, 7) is 7.27. The van der Waals surface area contributed by atoms with Crippen molar-refractivity contribution in [3.8, 4) is 5.75 Å². The SMILES string of the molecule is CC(Oc1ccc(CN)cc1[N+](=O)[O-])C(=O)NC(C)(C)C. The fourth-order valence-corrected chi connectivity index (χ4v) is 1.65. The fraction of sp³-hybridized carbons (Fsp3) is 0.500. The number of nitrogens with two attached hydrogens (primary N) is 1. The molecule has 0 aliphatic heterocycles. The first-order valence-corrected chi connectivity index (χ1v) is 6.60. The van der Waals surface area contributed by atoms with Crippen LogP contribution in [0.2, 0.25) is 0 Å². The van der Waals surface area contributed by atoms with Gasteiger partial charge in [0.25, 0.3) is 5.91 Å². The molecule has 0 aliphatic rings. The van der Waals surface area contributed by atoms with Gasteiger partial charge in [0.05, 0.1) is 4.92 Å². The van der Waals surface area contributed by atoms with Gasteiger partial charge in [-0.05, 0) is 39.3 Å². The van der Waals surface area contributed by atoms with Crippen molar-refractivity contribution in [3.63, 3.8) is 0 Å². The lowest BCUT2D eigenvalue weighted by atomic mass is 10.1. The van der Waals surface area contributed by atoms with Gasteiger partial charge in [-0.15, -0.1) is 0 Å². The molecule has 3 N–H and O–H groups in total. The molecule has 1 rings (SSSR count). The van der Waals surface area contributed by atoms with Crippen molar-refractivity contribution in [1.29, 1.82) is 0 Å². The first-order chi connectivity index (χ1) is 9.64. The van der Waals surface area contributed by atoms with Gasteiger partial charge in [-0.1, -0.05) is 6.07 Å². The van der Waals surface area contributed by atoms with Crippen LogP contribution in [-0.4, -0.2) is 22.5 Å². The summed E-state index contributed by atoms with van der Waals surface area (Å²) >= 11 is 0. The van der Waals surface area contributed by atoms with E-state index >= 15 is 0 Å². The summed E-state index contributed by atoms with van der Waals surface area (Å²) in [5.41, 5.74) is 5.49. The highest BCUT2D eigenvalue weighted by molar-refractivity contribution is 5.81. The Labute approximate surface area is 123 Å². The molecule has 0 spiro atoms. The molecule has 0 heterocycles. The van der Waals surface area contributed by atoms with Gasteiger partial charge in [-0.2, -0.15) is 0 Å². The Morgan fingerprint density at radius 3 is 2.57 bits per heavy atom. The average Bonchev–Trinajstić information content (AvgIpc) is 2.36. The van der Waals surface area contributed by atoms with Crippen molar-refractivity contribution in [3.05, 3.63) is 33.9 Å². The van der Waals surface area contributed by atoms with Crippen LogP contribution in [0.25, 0.3) is 0 Å². The number of carbonyl (C=O) groups is 1. The number of hydrogen-bond acceptors (Lipinski definition) is 5. The highest BCUT2D eigenvalue weighted by atomic mass is 16.6. The third-order valence-corrected chi connectivity index (χ3v) is 2.63. The van der Waals surface area contributed by atoms with Gasteiger partial charge >= 0.3 is 5.69 Å². The summed E-state index contributed by atoms with van der Waals surface area (Å²) in [7, 11) is 0. The molecule has 1 unspecified atom stereocenters. The Bertz CT molecular complexity index is 538. The number of nitrogens with one attached hydrogen (secondary N) is 1. The molecule has 7 nitrogen and oxygen atoms in total. The van der Waals surface area contributed by atoms with Crippen LogP contribution in [0, 0.1) is 10.1 Å². The van der Waals surface area contributed by atoms with Gasteiger partial charge in [0.15, 0.2) is 11.9 Å². The second kappa shape index (κ2) is 6.53. The molecule has 0 aliphatic carbocycles. The maximum atomic E-state index is 11.9. The van der Waals surface area contributed by atoms with Crippen molar-refractivity contribution in [2.24, 2.45) is 5.73 Å². The molecule has 21 heavy (non-hydrogen) atoms. The maximum absolute atomic E-state index is 11.9. The van der Waals surface area contributed by atoms with E-state index in [0.29, 0.717) is 5.56 Å². The first-order valence-electron chi connectivity index (χ1n) is 6.60. The van der Waals surface area contributed by atoms with E-state index in [4.69, 9.17) is 10.5 Å². The second-order valence-corrected chi connectivity index (χ2v) is 5.76. The minimum Gasteiger partial charge on any atom is -0.474 e. The quantitative estimate of drug-likeness (QED) is 0.635. The van der Waals surface area contributed by atoms with Crippen LogP contribution in [0.3, 0.4) is 0 Å². The maximum Gasteiger partial charge on any atom is 0.311 e. The van der Waals surface area contributed by atoms with E-state index < -0.39 is 16.6 Å². The van der Waals surface area contributed by atoms with Gasteiger partial charge in [-0.3, -0.25) is 14.9 Å². The van der Waals surface area contributed by atoms with E-state index in [2.05, 4.69) is 5.32 Å². The lowest BCUT2D eigenvalue weighted by Gasteiger charge is -2.23. The first kappa shape index (κ1) is 16.9. The van der Waals surface area contributed by atoms with E-state index in [-0.39, 0.29) is 23.9 Å². The van der Waals surface area contributed by atoms with E-state index in [1.807, 2.05) is 20.8 Å². The molecule has 0 saturated carbocycles. The molecule has 1 aromatic rings. The Morgan fingerprint density at radius 2 is 2.10 bits per heavy atom. The lowest BCUT2D eigenvalue weighted by Crippen LogP contribution is -2.46. The van der Waals surface area contributed by atoms with Crippen LogP contribution in [0.1, 0.15) is 33.3 Å². The average molecular weight is 295 g/mol. The Morgan fingerprint density at radius 1 is 1.48 bits per heavy atom. The monoisotopic (exact) mass is 295 g/mol. The molecule has 7 heteroatoms. The number of rotatable bonds is 5. The molecule has 0 bridgehead atoms. The molecule has 1 amide bonds. The molecule has 116 valence electrons. The summed E-state index contributed by atoms with van der Waals surface area (Å²) in [4.78, 5) is 22.4. The Hall–Kier alpha value is -2.15. The number of carbonyl (C=O) groups excluding carboxylic acids is 1. The molecule has 1 atom stereocenters. The third kappa shape index (κ3) is 5.03. The molecule has 0 fully saturated rings. The van der Waals surface area contributed by atoms with E-state index in [1.165, 1.54) is 12.1 Å². The number of hydrogen-bond donors (Lipinski definition) is 2. The zero-order chi connectivity index (χ0) is 16.2. The minimum atomic E-state index is -0.841. The standard InChI is InChI=1S/C14H21N3O4/c1-9(13(18)16-14(2,3)4)21-12-6-5-10(8-15)7-11(12)17(19)20/h5-7,9H,8,15H2,1-4H3,(H,16,18). The molecular weight excluding hydrogens is 274 g/mol. The summed E-state index contributed by atoms with van der Waals surface area (Å²) in [5.74, 6) is -0.284. The highest BCUT2D eigenvalue weighted by Crippen LogP contribution is 2.28. The zero-order valence-corrected chi connectivity index (χ0v) is 12.7. The number of nitro groups is 1. The molecule has 0 aromatic heterocycles. The fourth-order valence-electron chi connectivity index (χ4n) is 1.65.